The van der Waals surface area contributed by atoms with Crippen molar-refractivity contribution in [3.05, 3.63) is 42.0 Å². The SMILES string of the molecule is O=C(NN=Cc1ccc2ccccc2c1O)C1CCCCC1. The van der Waals surface area contributed by atoms with E-state index in [-0.39, 0.29) is 17.6 Å². The molecule has 0 saturated heterocycles. The lowest BCUT2D eigenvalue weighted by Crippen LogP contribution is -2.28. The Hall–Kier alpha value is -2.36. The summed E-state index contributed by atoms with van der Waals surface area (Å²) < 4.78 is 0. The van der Waals surface area contributed by atoms with Gasteiger partial charge in [-0.25, -0.2) is 5.43 Å². The monoisotopic (exact) mass is 296 g/mol. The minimum atomic E-state index is -0.0174. The van der Waals surface area contributed by atoms with Gasteiger partial charge in [0.25, 0.3) is 0 Å². The summed E-state index contributed by atoms with van der Waals surface area (Å²) in [5.74, 6) is 0.251. The number of rotatable bonds is 3. The zero-order valence-electron chi connectivity index (χ0n) is 12.5. The third-order valence-corrected chi connectivity index (χ3v) is 4.29. The van der Waals surface area contributed by atoms with Crippen molar-refractivity contribution in [1.82, 2.24) is 5.43 Å². The number of aromatic hydroxyl groups is 1. The average molecular weight is 296 g/mol. The Morgan fingerprint density at radius 2 is 1.91 bits per heavy atom. The molecule has 1 aliphatic rings. The van der Waals surface area contributed by atoms with Gasteiger partial charge in [-0.3, -0.25) is 4.79 Å². The van der Waals surface area contributed by atoms with Crippen LogP contribution in [-0.4, -0.2) is 17.2 Å². The molecule has 0 radical (unpaired) electrons. The predicted molar refractivity (Wildman–Crippen MR) is 87.9 cm³/mol. The maximum atomic E-state index is 12.0. The summed E-state index contributed by atoms with van der Waals surface area (Å²) >= 11 is 0. The molecule has 2 aromatic rings. The van der Waals surface area contributed by atoms with Gasteiger partial charge in [-0.05, 0) is 24.3 Å². The van der Waals surface area contributed by atoms with E-state index in [0.717, 1.165) is 36.5 Å². The molecule has 0 aliphatic heterocycles. The van der Waals surface area contributed by atoms with E-state index in [2.05, 4.69) is 10.5 Å². The van der Waals surface area contributed by atoms with E-state index in [4.69, 9.17) is 0 Å². The Labute approximate surface area is 129 Å². The van der Waals surface area contributed by atoms with E-state index >= 15 is 0 Å². The molecule has 4 heteroatoms. The number of nitrogens with one attached hydrogen (secondary N) is 1. The number of fused-ring (bicyclic) bond motifs is 1. The summed E-state index contributed by atoms with van der Waals surface area (Å²) in [6.45, 7) is 0. The summed E-state index contributed by atoms with van der Waals surface area (Å²) in [5, 5.41) is 16.0. The summed E-state index contributed by atoms with van der Waals surface area (Å²) in [7, 11) is 0. The molecule has 0 spiro atoms. The lowest BCUT2D eigenvalue weighted by molar-refractivity contribution is -0.125. The minimum absolute atomic E-state index is 0.0174. The quantitative estimate of drug-likeness (QED) is 0.672. The predicted octanol–water partition coefficient (Wildman–Crippen LogP) is 3.58. The van der Waals surface area contributed by atoms with E-state index in [9.17, 15) is 9.90 Å². The third kappa shape index (κ3) is 3.11. The van der Waals surface area contributed by atoms with Crippen LogP contribution in [0.1, 0.15) is 37.7 Å². The van der Waals surface area contributed by atoms with Crippen LogP contribution in [0, 0.1) is 5.92 Å². The van der Waals surface area contributed by atoms with Gasteiger partial charge in [-0.15, -0.1) is 0 Å². The lowest BCUT2D eigenvalue weighted by Gasteiger charge is -2.19. The molecule has 1 aliphatic carbocycles. The average Bonchev–Trinajstić information content (AvgIpc) is 2.58. The van der Waals surface area contributed by atoms with Gasteiger partial charge in [-0.2, -0.15) is 5.10 Å². The molecule has 0 atom stereocenters. The van der Waals surface area contributed by atoms with E-state index in [1.54, 1.807) is 6.07 Å². The zero-order valence-corrected chi connectivity index (χ0v) is 12.5. The first-order valence-electron chi connectivity index (χ1n) is 7.79. The van der Waals surface area contributed by atoms with Crippen LogP contribution in [0.15, 0.2) is 41.5 Å². The first kappa shape index (κ1) is 14.6. The summed E-state index contributed by atoms with van der Waals surface area (Å²) in [4.78, 5) is 12.0. The molecule has 114 valence electrons. The molecule has 4 nitrogen and oxygen atoms in total. The second kappa shape index (κ2) is 6.60. The van der Waals surface area contributed by atoms with Gasteiger partial charge in [0.15, 0.2) is 0 Å². The van der Waals surface area contributed by atoms with E-state index in [1.807, 2.05) is 30.3 Å². The Balaban J connectivity index is 1.70. The van der Waals surface area contributed by atoms with Crippen LogP contribution in [-0.2, 0) is 4.79 Å². The van der Waals surface area contributed by atoms with Gasteiger partial charge >= 0.3 is 0 Å². The van der Waals surface area contributed by atoms with Gasteiger partial charge in [0.05, 0.1) is 6.21 Å². The molecule has 2 aromatic carbocycles. The fourth-order valence-electron chi connectivity index (χ4n) is 3.00. The number of hydrogen-bond donors (Lipinski definition) is 2. The van der Waals surface area contributed by atoms with E-state index in [1.165, 1.54) is 12.6 Å². The van der Waals surface area contributed by atoms with Crippen molar-refractivity contribution >= 4 is 22.9 Å². The van der Waals surface area contributed by atoms with Crippen molar-refractivity contribution < 1.29 is 9.90 Å². The second-order valence-corrected chi connectivity index (χ2v) is 5.79. The Morgan fingerprint density at radius 1 is 1.14 bits per heavy atom. The maximum absolute atomic E-state index is 12.0. The van der Waals surface area contributed by atoms with Crippen LogP contribution >= 0.6 is 0 Å². The first-order chi connectivity index (χ1) is 10.8. The Kier molecular flexibility index (Phi) is 4.37. The number of carbonyl (C=O) groups excluding carboxylic acids is 1. The highest BCUT2D eigenvalue weighted by atomic mass is 16.3. The second-order valence-electron chi connectivity index (χ2n) is 5.79. The molecule has 0 aromatic heterocycles. The van der Waals surface area contributed by atoms with Crippen molar-refractivity contribution in [3.8, 4) is 5.75 Å². The highest BCUT2D eigenvalue weighted by molar-refractivity contribution is 5.97. The smallest absolute Gasteiger partial charge is 0.243 e. The fraction of sp³-hybridized carbons (Fsp3) is 0.333. The molecule has 2 N–H and O–H groups in total. The maximum Gasteiger partial charge on any atom is 0.243 e. The molecule has 1 amide bonds. The third-order valence-electron chi connectivity index (χ3n) is 4.29. The number of nitrogens with zero attached hydrogens (tertiary/aromatic N) is 1. The van der Waals surface area contributed by atoms with Gasteiger partial charge in [0.1, 0.15) is 5.75 Å². The highest BCUT2D eigenvalue weighted by Crippen LogP contribution is 2.27. The number of phenolic OH excluding ortho intramolecular Hbond substituents is 1. The molecule has 0 heterocycles. The van der Waals surface area contributed by atoms with Crippen LogP contribution in [0.3, 0.4) is 0 Å². The van der Waals surface area contributed by atoms with Crippen LogP contribution in [0.2, 0.25) is 0 Å². The van der Waals surface area contributed by atoms with E-state index < -0.39 is 0 Å². The number of phenols is 1. The van der Waals surface area contributed by atoms with Crippen molar-refractivity contribution in [2.45, 2.75) is 32.1 Å². The Bertz CT molecular complexity index is 703. The zero-order chi connectivity index (χ0) is 15.4. The molecular weight excluding hydrogens is 276 g/mol. The fourth-order valence-corrected chi connectivity index (χ4v) is 3.00. The summed E-state index contributed by atoms with van der Waals surface area (Å²) in [6, 6.07) is 11.4. The molecule has 1 saturated carbocycles. The normalized spacial score (nSPS) is 16.2. The van der Waals surface area contributed by atoms with Gasteiger partial charge in [0.2, 0.25) is 5.91 Å². The summed E-state index contributed by atoms with van der Waals surface area (Å²) in [5.41, 5.74) is 3.20. The van der Waals surface area contributed by atoms with Crippen molar-refractivity contribution in [3.63, 3.8) is 0 Å². The number of carbonyl (C=O) groups is 1. The topological polar surface area (TPSA) is 61.7 Å². The van der Waals surface area contributed by atoms with Crippen molar-refractivity contribution in [2.24, 2.45) is 11.0 Å². The van der Waals surface area contributed by atoms with Crippen LogP contribution in [0.4, 0.5) is 0 Å². The molecule has 22 heavy (non-hydrogen) atoms. The van der Waals surface area contributed by atoms with Crippen LogP contribution in [0.25, 0.3) is 10.8 Å². The number of hydrazone groups is 1. The lowest BCUT2D eigenvalue weighted by atomic mass is 9.89. The molecule has 0 unspecified atom stereocenters. The van der Waals surface area contributed by atoms with Gasteiger partial charge in [0, 0.05) is 16.9 Å². The molecular formula is C18H20N2O2. The Morgan fingerprint density at radius 3 is 2.73 bits per heavy atom. The van der Waals surface area contributed by atoms with Gasteiger partial charge < -0.3 is 5.11 Å². The largest absolute Gasteiger partial charge is 0.507 e. The van der Waals surface area contributed by atoms with Crippen molar-refractivity contribution in [1.29, 1.82) is 0 Å². The van der Waals surface area contributed by atoms with E-state index in [0.29, 0.717) is 5.56 Å². The van der Waals surface area contributed by atoms with Crippen LogP contribution in [0.5, 0.6) is 5.75 Å². The van der Waals surface area contributed by atoms with Crippen molar-refractivity contribution in [2.75, 3.05) is 0 Å². The molecule has 0 bridgehead atoms. The molecule has 1 fully saturated rings. The number of benzene rings is 2. The number of hydrogen-bond acceptors (Lipinski definition) is 3. The summed E-state index contributed by atoms with van der Waals surface area (Å²) in [6.07, 6.45) is 6.85. The van der Waals surface area contributed by atoms with Crippen LogP contribution < -0.4 is 5.43 Å². The standard InChI is InChI=1S/C18H20N2O2/c21-17-15(11-10-13-6-4-5-9-16(13)17)12-19-20-18(22)14-7-2-1-3-8-14/h4-6,9-12,14,21H,1-3,7-8H2,(H,20,22). The van der Waals surface area contributed by atoms with Gasteiger partial charge in [-0.1, -0.05) is 49.6 Å². The minimum Gasteiger partial charge on any atom is -0.507 e. The first-order valence-corrected chi connectivity index (χ1v) is 7.79. The highest BCUT2D eigenvalue weighted by Gasteiger charge is 2.20. The molecule has 3 rings (SSSR count). The number of amides is 1.